The maximum Gasteiger partial charge on any atom is 0.306 e. The van der Waals surface area contributed by atoms with Crippen LogP contribution in [0.3, 0.4) is 0 Å². The first-order valence-electron chi connectivity index (χ1n) is 34.2. The number of allylic oxidation sites excluding steroid dienone is 16. The third kappa shape index (κ3) is 65.1. The molecule has 1 unspecified atom stereocenters. The van der Waals surface area contributed by atoms with Crippen LogP contribution >= 0.6 is 0 Å². The normalized spacial score (nSPS) is 12.7. The van der Waals surface area contributed by atoms with Crippen LogP contribution in [-0.4, -0.2) is 37.2 Å². The predicted octanol–water partition coefficient (Wildman–Crippen LogP) is 23.6. The zero-order valence-electron chi connectivity index (χ0n) is 52.8. The molecular weight excluding hydrogens is 985 g/mol. The Labute approximate surface area is 496 Å². The van der Waals surface area contributed by atoms with Crippen LogP contribution in [-0.2, 0) is 28.6 Å². The van der Waals surface area contributed by atoms with Crippen molar-refractivity contribution in [3.63, 3.8) is 0 Å². The topological polar surface area (TPSA) is 78.9 Å². The molecule has 0 saturated carbocycles. The molecule has 460 valence electrons. The SMILES string of the molecule is CC/C=C\C/C=C\C/C=C\C/C=C\C/C=C\C/C=C\C/C=C\CCCCCCCCCCCCCC(=O)OCC(COC(=O)CCCCCCCCCCCCCC)OC(=O)CCCCCCCCC/C=C\CCCCCCCC. The second-order valence-electron chi connectivity index (χ2n) is 22.7. The lowest BCUT2D eigenvalue weighted by molar-refractivity contribution is -0.167. The molecule has 0 aromatic carbocycles. The fraction of sp³-hybridized carbons (Fsp3) is 0.743. The highest BCUT2D eigenvalue weighted by atomic mass is 16.6. The van der Waals surface area contributed by atoms with Gasteiger partial charge in [-0.2, -0.15) is 0 Å². The van der Waals surface area contributed by atoms with Gasteiger partial charge in [0.25, 0.3) is 0 Å². The molecule has 0 bridgehead atoms. The van der Waals surface area contributed by atoms with E-state index in [0.717, 1.165) is 103 Å². The lowest BCUT2D eigenvalue weighted by Crippen LogP contribution is -2.30. The average molecular weight is 1110 g/mol. The molecule has 0 aromatic heterocycles. The Balaban J connectivity index is 4.21. The van der Waals surface area contributed by atoms with Crippen molar-refractivity contribution in [2.75, 3.05) is 13.2 Å². The van der Waals surface area contributed by atoms with Gasteiger partial charge in [-0.3, -0.25) is 14.4 Å². The van der Waals surface area contributed by atoms with Gasteiger partial charge in [0.1, 0.15) is 13.2 Å². The number of hydrogen-bond acceptors (Lipinski definition) is 6. The van der Waals surface area contributed by atoms with Crippen molar-refractivity contribution in [3.8, 4) is 0 Å². The summed E-state index contributed by atoms with van der Waals surface area (Å²) < 4.78 is 16.9. The van der Waals surface area contributed by atoms with Crippen LogP contribution in [0.5, 0.6) is 0 Å². The predicted molar refractivity (Wildman–Crippen MR) is 348 cm³/mol. The molecule has 80 heavy (non-hydrogen) atoms. The molecule has 0 rings (SSSR count). The van der Waals surface area contributed by atoms with Crippen LogP contribution in [0.25, 0.3) is 0 Å². The highest BCUT2D eigenvalue weighted by Gasteiger charge is 2.19. The largest absolute Gasteiger partial charge is 0.462 e. The summed E-state index contributed by atoms with van der Waals surface area (Å²) in [6, 6.07) is 0. The van der Waals surface area contributed by atoms with Gasteiger partial charge in [-0.05, 0) is 103 Å². The van der Waals surface area contributed by atoms with Gasteiger partial charge in [0.15, 0.2) is 6.10 Å². The van der Waals surface area contributed by atoms with E-state index < -0.39 is 6.10 Å². The highest BCUT2D eigenvalue weighted by Crippen LogP contribution is 2.17. The molecule has 0 aliphatic heterocycles. The number of carbonyl (C=O) groups is 3. The van der Waals surface area contributed by atoms with Crippen molar-refractivity contribution < 1.29 is 28.6 Å². The number of hydrogen-bond donors (Lipinski definition) is 0. The third-order valence-corrected chi connectivity index (χ3v) is 14.8. The first kappa shape index (κ1) is 76.3. The molecule has 0 aliphatic rings. The van der Waals surface area contributed by atoms with Crippen molar-refractivity contribution >= 4 is 17.9 Å². The monoisotopic (exact) mass is 1110 g/mol. The summed E-state index contributed by atoms with van der Waals surface area (Å²) in [6.45, 7) is 6.55. The zero-order valence-corrected chi connectivity index (χ0v) is 52.8. The summed E-state index contributed by atoms with van der Waals surface area (Å²) in [4.78, 5) is 38.3. The van der Waals surface area contributed by atoms with Gasteiger partial charge in [-0.15, -0.1) is 0 Å². The van der Waals surface area contributed by atoms with E-state index in [1.807, 2.05) is 0 Å². The van der Waals surface area contributed by atoms with Gasteiger partial charge in [0.2, 0.25) is 0 Å². The number of unbranched alkanes of at least 4 members (excludes halogenated alkanes) is 35. The Hall–Kier alpha value is -3.67. The van der Waals surface area contributed by atoms with Crippen LogP contribution in [0.15, 0.2) is 97.2 Å². The van der Waals surface area contributed by atoms with Gasteiger partial charge in [0.05, 0.1) is 0 Å². The molecule has 0 saturated heterocycles. The molecule has 6 heteroatoms. The minimum atomic E-state index is -0.779. The summed E-state index contributed by atoms with van der Waals surface area (Å²) in [6.07, 6.45) is 91.4. The molecule has 0 fully saturated rings. The first-order chi connectivity index (χ1) is 39.5. The lowest BCUT2D eigenvalue weighted by atomic mass is 10.0. The quantitative estimate of drug-likeness (QED) is 0.0261. The molecule has 0 radical (unpaired) electrons. The van der Waals surface area contributed by atoms with Crippen molar-refractivity contribution in [1.82, 2.24) is 0 Å². The van der Waals surface area contributed by atoms with Gasteiger partial charge in [0, 0.05) is 19.3 Å². The number of rotatable bonds is 62. The van der Waals surface area contributed by atoms with E-state index in [4.69, 9.17) is 14.2 Å². The lowest BCUT2D eigenvalue weighted by Gasteiger charge is -2.18. The van der Waals surface area contributed by atoms with Gasteiger partial charge in [-0.25, -0.2) is 0 Å². The second kappa shape index (κ2) is 67.8. The van der Waals surface area contributed by atoms with Crippen LogP contribution < -0.4 is 0 Å². The van der Waals surface area contributed by atoms with Gasteiger partial charge in [-0.1, -0.05) is 311 Å². The summed E-state index contributed by atoms with van der Waals surface area (Å²) in [7, 11) is 0. The highest BCUT2D eigenvalue weighted by molar-refractivity contribution is 5.71. The second-order valence-corrected chi connectivity index (χ2v) is 22.7. The van der Waals surface area contributed by atoms with Gasteiger partial charge >= 0.3 is 17.9 Å². The summed E-state index contributed by atoms with van der Waals surface area (Å²) >= 11 is 0. The molecule has 0 aromatic rings. The molecule has 0 amide bonds. The van der Waals surface area contributed by atoms with E-state index in [1.165, 1.54) is 193 Å². The maximum atomic E-state index is 12.9. The smallest absolute Gasteiger partial charge is 0.306 e. The van der Waals surface area contributed by atoms with Gasteiger partial charge < -0.3 is 14.2 Å². The van der Waals surface area contributed by atoms with Crippen molar-refractivity contribution in [1.29, 1.82) is 0 Å². The summed E-state index contributed by atoms with van der Waals surface area (Å²) in [5.74, 6) is -0.869. The van der Waals surface area contributed by atoms with Crippen molar-refractivity contribution in [2.45, 2.75) is 341 Å². The molecule has 0 spiro atoms. The zero-order chi connectivity index (χ0) is 57.8. The molecule has 0 N–H and O–H groups in total. The standard InChI is InChI=1S/C74H128O6/c1-4-7-10-13-16-19-22-25-27-29-30-31-32-33-34-35-36-37-38-39-40-41-42-43-44-46-47-49-52-55-58-61-64-67-73(76)79-70-71(69-78-72(75)66-63-60-57-54-51-24-21-18-15-12-9-6-3)80-74(77)68-65-62-59-56-53-50-48-45-28-26-23-20-17-14-11-8-5-2/h7,10,16,19,25-28,30-31,33-34,36-37,39-40,71H,4-6,8-9,11-15,17-18,20-24,29,32,35,38,41-70H2,1-3H3/b10-7-,19-16-,27-25-,28-26-,31-30-,34-33-,37-36-,40-39-. The first-order valence-corrected chi connectivity index (χ1v) is 34.2. The number of carbonyl (C=O) groups excluding carboxylic acids is 3. The Bertz CT molecular complexity index is 1560. The van der Waals surface area contributed by atoms with E-state index >= 15 is 0 Å². The van der Waals surface area contributed by atoms with Crippen LogP contribution in [0.2, 0.25) is 0 Å². The van der Waals surface area contributed by atoms with E-state index in [-0.39, 0.29) is 31.1 Å². The molecule has 1 atom stereocenters. The minimum absolute atomic E-state index is 0.0754. The third-order valence-electron chi connectivity index (χ3n) is 14.8. The molecule has 0 heterocycles. The van der Waals surface area contributed by atoms with E-state index in [9.17, 15) is 14.4 Å². The molecular formula is C74H128O6. The van der Waals surface area contributed by atoms with Crippen LogP contribution in [0.1, 0.15) is 335 Å². The van der Waals surface area contributed by atoms with E-state index in [0.29, 0.717) is 19.3 Å². The summed E-state index contributed by atoms with van der Waals surface area (Å²) in [5, 5.41) is 0. The fourth-order valence-corrected chi connectivity index (χ4v) is 9.71. The van der Waals surface area contributed by atoms with E-state index in [2.05, 4.69) is 118 Å². The van der Waals surface area contributed by atoms with Crippen LogP contribution in [0.4, 0.5) is 0 Å². The molecule has 0 aliphatic carbocycles. The van der Waals surface area contributed by atoms with Crippen molar-refractivity contribution in [2.24, 2.45) is 0 Å². The van der Waals surface area contributed by atoms with Crippen LogP contribution in [0, 0.1) is 0 Å². The Morgan fingerprint density at radius 3 is 0.775 bits per heavy atom. The number of esters is 3. The summed E-state index contributed by atoms with van der Waals surface area (Å²) in [5.41, 5.74) is 0. The average Bonchev–Trinajstić information content (AvgIpc) is 3.46. The number of ether oxygens (including phenoxy) is 3. The van der Waals surface area contributed by atoms with E-state index in [1.54, 1.807) is 0 Å². The Morgan fingerprint density at radius 1 is 0.263 bits per heavy atom. The van der Waals surface area contributed by atoms with Crippen molar-refractivity contribution in [3.05, 3.63) is 97.2 Å². The Morgan fingerprint density at radius 2 is 0.487 bits per heavy atom. The minimum Gasteiger partial charge on any atom is -0.462 e. The maximum absolute atomic E-state index is 12.9. The fourth-order valence-electron chi connectivity index (χ4n) is 9.71. The molecule has 6 nitrogen and oxygen atoms in total. The Kier molecular flexibility index (Phi) is 64.7.